The van der Waals surface area contributed by atoms with Gasteiger partial charge in [0.2, 0.25) is 0 Å². The van der Waals surface area contributed by atoms with E-state index in [0.29, 0.717) is 12.5 Å². The van der Waals surface area contributed by atoms with E-state index in [1.165, 1.54) is 5.56 Å². The molecule has 0 aliphatic rings. The fourth-order valence-electron chi connectivity index (χ4n) is 1.97. The Balaban J connectivity index is 2.00. The Labute approximate surface area is 112 Å². The predicted molar refractivity (Wildman–Crippen MR) is 72.2 cm³/mol. The largest absolute Gasteiger partial charge is 0.497 e. The molecule has 1 N–H and O–H groups in total. The lowest BCUT2D eigenvalue weighted by atomic mass is 9.99. The number of nitrogens with zero attached hydrogens (tertiary/aromatic N) is 3. The van der Waals surface area contributed by atoms with Crippen LogP contribution in [0.2, 0.25) is 0 Å². The highest BCUT2D eigenvalue weighted by Crippen LogP contribution is 2.20. The second-order valence-corrected chi connectivity index (χ2v) is 4.58. The minimum absolute atomic E-state index is 0.0790. The van der Waals surface area contributed by atoms with Gasteiger partial charge in [0, 0.05) is 12.1 Å². The minimum atomic E-state index is 0.0790. The maximum absolute atomic E-state index is 8.85. The van der Waals surface area contributed by atoms with Crippen LogP contribution >= 0.6 is 0 Å². The van der Waals surface area contributed by atoms with E-state index in [1.807, 2.05) is 18.3 Å². The molecule has 0 bridgehead atoms. The summed E-state index contributed by atoms with van der Waals surface area (Å²) < 4.78 is 6.81. The van der Waals surface area contributed by atoms with E-state index in [1.54, 1.807) is 11.8 Å². The highest BCUT2D eigenvalue weighted by molar-refractivity contribution is 5.28. The summed E-state index contributed by atoms with van der Waals surface area (Å²) in [6, 6.07) is 8.05. The van der Waals surface area contributed by atoms with Crippen molar-refractivity contribution in [1.29, 1.82) is 0 Å². The minimum Gasteiger partial charge on any atom is -0.497 e. The van der Waals surface area contributed by atoms with Gasteiger partial charge in [0.1, 0.15) is 5.75 Å². The summed E-state index contributed by atoms with van der Waals surface area (Å²) in [6.45, 7) is 2.69. The molecule has 0 aliphatic carbocycles. The number of ether oxygens (including phenoxy) is 1. The van der Waals surface area contributed by atoms with E-state index in [4.69, 9.17) is 9.84 Å². The average molecular weight is 261 g/mol. The summed E-state index contributed by atoms with van der Waals surface area (Å²) in [5, 5.41) is 17.0. The van der Waals surface area contributed by atoms with Gasteiger partial charge < -0.3 is 9.84 Å². The summed E-state index contributed by atoms with van der Waals surface area (Å²) >= 11 is 0. The van der Waals surface area contributed by atoms with Gasteiger partial charge in [0.05, 0.1) is 26.0 Å². The smallest absolute Gasteiger partial charge is 0.118 e. The third kappa shape index (κ3) is 3.54. The van der Waals surface area contributed by atoms with Gasteiger partial charge >= 0.3 is 0 Å². The van der Waals surface area contributed by atoms with Gasteiger partial charge in [0.15, 0.2) is 0 Å². The van der Waals surface area contributed by atoms with Crippen LogP contribution in [0.3, 0.4) is 0 Å². The van der Waals surface area contributed by atoms with E-state index in [2.05, 4.69) is 29.4 Å². The van der Waals surface area contributed by atoms with Crippen molar-refractivity contribution in [2.24, 2.45) is 0 Å². The number of aliphatic hydroxyl groups is 1. The van der Waals surface area contributed by atoms with Gasteiger partial charge in [-0.1, -0.05) is 24.3 Å². The third-order valence-electron chi connectivity index (χ3n) is 3.09. The summed E-state index contributed by atoms with van der Waals surface area (Å²) in [6.07, 6.45) is 2.80. The van der Waals surface area contributed by atoms with Crippen molar-refractivity contribution in [3.05, 3.63) is 41.7 Å². The van der Waals surface area contributed by atoms with E-state index in [0.717, 1.165) is 17.9 Å². The number of hydrogen-bond acceptors (Lipinski definition) is 4. The van der Waals surface area contributed by atoms with E-state index >= 15 is 0 Å². The van der Waals surface area contributed by atoms with E-state index in [-0.39, 0.29) is 6.61 Å². The molecule has 0 unspecified atom stereocenters. The molecule has 0 amide bonds. The molecule has 5 nitrogen and oxygen atoms in total. The van der Waals surface area contributed by atoms with Crippen LogP contribution in [-0.4, -0.2) is 33.8 Å². The van der Waals surface area contributed by atoms with Crippen molar-refractivity contribution < 1.29 is 9.84 Å². The normalized spacial score (nSPS) is 12.4. The number of hydrogen-bond donors (Lipinski definition) is 1. The van der Waals surface area contributed by atoms with E-state index < -0.39 is 0 Å². The van der Waals surface area contributed by atoms with Gasteiger partial charge in [-0.3, -0.25) is 0 Å². The van der Waals surface area contributed by atoms with Gasteiger partial charge in [0.25, 0.3) is 0 Å². The zero-order valence-electron chi connectivity index (χ0n) is 11.3. The Hall–Kier alpha value is -1.88. The predicted octanol–water partition coefficient (Wildman–Crippen LogP) is 1.63. The fourth-order valence-corrected chi connectivity index (χ4v) is 1.97. The van der Waals surface area contributed by atoms with Gasteiger partial charge in [-0.25, -0.2) is 4.68 Å². The molecule has 0 saturated heterocycles. The summed E-state index contributed by atoms with van der Waals surface area (Å²) in [5.41, 5.74) is 2.19. The first-order chi connectivity index (χ1) is 9.22. The number of rotatable bonds is 6. The molecule has 19 heavy (non-hydrogen) atoms. The molecule has 2 aromatic rings. The van der Waals surface area contributed by atoms with Gasteiger partial charge in [-0.2, -0.15) is 0 Å². The second-order valence-electron chi connectivity index (χ2n) is 4.58. The summed E-state index contributed by atoms with van der Waals surface area (Å²) in [4.78, 5) is 0. The maximum Gasteiger partial charge on any atom is 0.118 e. The molecule has 0 aliphatic heterocycles. The van der Waals surface area contributed by atoms with Crippen LogP contribution in [0, 0.1) is 0 Å². The first kappa shape index (κ1) is 13.5. The number of benzene rings is 1. The quantitative estimate of drug-likeness (QED) is 0.858. The van der Waals surface area contributed by atoms with Crippen molar-refractivity contribution in [3.63, 3.8) is 0 Å². The number of aliphatic hydroxyl groups excluding tert-OH is 1. The fraction of sp³-hybridized carbons (Fsp3) is 0.429. The lowest BCUT2D eigenvalue weighted by Crippen LogP contribution is -2.02. The number of methoxy groups -OCH3 is 1. The Morgan fingerprint density at radius 1 is 1.32 bits per heavy atom. The first-order valence-electron chi connectivity index (χ1n) is 6.36. The third-order valence-corrected chi connectivity index (χ3v) is 3.09. The molecule has 1 aromatic heterocycles. The second kappa shape index (κ2) is 6.33. The monoisotopic (exact) mass is 261 g/mol. The van der Waals surface area contributed by atoms with Crippen LogP contribution in [0.4, 0.5) is 0 Å². The average Bonchev–Trinajstić information content (AvgIpc) is 2.89. The topological polar surface area (TPSA) is 60.2 Å². The molecule has 1 aromatic carbocycles. The zero-order valence-corrected chi connectivity index (χ0v) is 11.3. The summed E-state index contributed by atoms with van der Waals surface area (Å²) in [7, 11) is 1.66. The highest BCUT2D eigenvalue weighted by Gasteiger charge is 2.11. The lowest BCUT2D eigenvalue weighted by Gasteiger charge is -2.08. The Kier molecular flexibility index (Phi) is 4.52. The molecule has 1 heterocycles. The van der Waals surface area contributed by atoms with E-state index in [9.17, 15) is 0 Å². The molecule has 102 valence electrons. The van der Waals surface area contributed by atoms with Crippen molar-refractivity contribution in [2.45, 2.75) is 25.8 Å². The lowest BCUT2D eigenvalue weighted by molar-refractivity contribution is 0.268. The molecule has 1 atom stereocenters. The molecule has 0 spiro atoms. The Morgan fingerprint density at radius 3 is 2.68 bits per heavy atom. The maximum atomic E-state index is 8.85. The van der Waals surface area contributed by atoms with Crippen LogP contribution in [0.1, 0.15) is 24.1 Å². The van der Waals surface area contributed by atoms with Crippen molar-refractivity contribution >= 4 is 0 Å². The van der Waals surface area contributed by atoms with Crippen LogP contribution < -0.4 is 4.74 Å². The summed E-state index contributed by atoms with van der Waals surface area (Å²) in [5.74, 6) is 1.16. The molecular formula is C14H19N3O2. The van der Waals surface area contributed by atoms with Crippen LogP contribution in [0.15, 0.2) is 30.5 Å². The molecule has 0 radical (unpaired) electrons. The Morgan fingerprint density at radius 2 is 2.05 bits per heavy atom. The zero-order chi connectivity index (χ0) is 13.7. The van der Waals surface area contributed by atoms with Crippen molar-refractivity contribution in [2.75, 3.05) is 13.7 Å². The van der Waals surface area contributed by atoms with Crippen molar-refractivity contribution in [1.82, 2.24) is 15.0 Å². The molecular weight excluding hydrogens is 242 g/mol. The highest BCUT2D eigenvalue weighted by atomic mass is 16.5. The molecule has 0 fully saturated rings. The SMILES string of the molecule is COc1ccc(C[C@H](C)c2cn(CCO)nn2)cc1. The van der Waals surface area contributed by atoms with Crippen molar-refractivity contribution in [3.8, 4) is 5.75 Å². The number of aromatic nitrogens is 3. The standard InChI is InChI=1S/C14H19N3O2/c1-11(14-10-17(7-8-18)16-15-14)9-12-3-5-13(19-2)6-4-12/h3-6,10-11,18H,7-9H2,1-2H3/t11-/m0/s1. The van der Waals surface area contributed by atoms with Crippen LogP contribution in [0.5, 0.6) is 5.75 Å². The molecule has 5 heteroatoms. The van der Waals surface area contributed by atoms with Crippen LogP contribution in [0.25, 0.3) is 0 Å². The van der Waals surface area contributed by atoms with Crippen LogP contribution in [-0.2, 0) is 13.0 Å². The molecule has 2 rings (SSSR count). The Bertz CT molecular complexity index is 508. The first-order valence-corrected chi connectivity index (χ1v) is 6.36. The van der Waals surface area contributed by atoms with Gasteiger partial charge in [-0.15, -0.1) is 5.10 Å². The van der Waals surface area contributed by atoms with Gasteiger partial charge in [-0.05, 0) is 24.1 Å². The molecule has 0 saturated carbocycles.